The van der Waals surface area contributed by atoms with Crippen molar-refractivity contribution in [3.63, 3.8) is 0 Å². The van der Waals surface area contributed by atoms with Crippen molar-refractivity contribution in [1.82, 2.24) is 0 Å². The monoisotopic (exact) mass is 251 g/mol. The number of benzene rings is 1. The van der Waals surface area contributed by atoms with Gasteiger partial charge in [-0.1, -0.05) is 13.8 Å². The van der Waals surface area contributed by atoms with E-state index in [0.717, 1.165) is 18.3 Å². The Morgan fingerprint density at radius 3 is 2.72 bits per heavy atom. The SMILES string of the molecule is CC(C)CN(C)c1ccc(F)cc1/C=C/C(=O)O. The molecule has 1 rings (SSSR count). The zero-order valence-electron chi connectivity index (χ0n) is 10.9. The molecule has 0 spiro atoms. The fourth-order valence-electron chi connectivity index (χ4n) is 1.81. The number of carboxylic acid groups (broad SMARTS) is 1. The molecule has 3 nitrogen and oxygen atoms in total. The molecule has 0 aliphatic heterocycles. The second-order valence-corrected chi connectivity index (χ2v) is 4.65. The molecule has 0 aliphatic carbocycles. The van der Waals surface area contributed by atoms with E-state index in [2.05, 4.69) is 13.8 Å². The fraction of sp³-hybridized carbons (Fsp3) is 0.357. The van der Waals surface area contributed by atoms with E-state index < -0.39 is 5.97 Å². The van der Waals surface area contributed by atoms with Crippen LogP contribution < -0.4 is 4.90 Å². The smallest absolute Gasteiger partial charge is 0.328 e. The van der Waals surface area contributed by atoms with Gasteiger partial charge in [-0.05, 0) is 30.2 Å². The molecule has 0 aliphatic rings. The summed E-state index contributed by atoms with van der Waals surface area (Å²) in [5.41, 5.74) is 1.39. The Labute approximate surface area is 107 Å². The topological polar surface area (TPSA) is 40.5 Å². The highest BCUT2D eigenvalue weighted by atomic mass is 19.1. The Bertz CT molecular complexity index is 455. The lowest BCUT2D eigenvalue weighted by molar-refractivity contribution is -0.131. The van der Waals surface area contributed by atoms with Crippen molar-refractivity contribution in [3.05, 3.63) is 35.7 Å². The van der Waals surface area contributed by atoms with Crippen LogP contribution in [0.15, 0.2) is 24.3 Å². The van der Waals surface area contributed by atoms with Crippen LogP contribution in [-0.2, 0) is 4.79 Å². The standard InChI is InChI=1S/C14H18FNO2/c1-10(2)9-16(3)13-6-5-12(15)8-11(13)4-7-14(17)18/h4-8,10H,9H2,1-3H3,(H,17,18)/b7-4+. The van der Waals surface area contributed by atoms with Crippen molar-refractivity contribution in [3.8, 4) is 0 Å². The summed E-state index contributed by atoms with van der Waals surface area (Å²) in [6.45, 7) is 5.00. The van der Waals surface area contributed by atoms with Crippen LogP contribution in [0.1, 0.15) is 19.4 Å². The van der Waals surface area contributed by atoms with E-state index in [4.69, 9.17) is 5.11 Å². The second kappa shape index (κ2) is 6.19. The highest BCUT2D eigenvalue weighted by molar-refractivity contribution is 5.87. The number of carbonyl (C=O) groups is 1. The van der Waals surface area contributed by atoms with Crippen LogP contribution in [-0.4, -0.2) is 24.7 Å². The normalized spacial score (nSPS) is 11.2. The Kier molecular flexibility index (Phi) is 4.89. The van der Waals surface area contributed by atoms with Gasteiger partial charge in [-0.25, -0.2) is 9.18 Å². The molecule has 0 bridgehead atoms. The predicted octanol–water partition coefficient (Wildman–Crippen LogP) is 3.02. The molecular formula is C14H18FNO2. The van der Waals surface area contributed by atoms with E-state index in [0.29, 0.717) is 11.5 Å². The molecule has 0 unspecified atom stereocenters. The van der Waals surface area contributed by atoms with Gasteiger partial charge in [-0.15, -0.1) is 0 Å². The highest BCUT2D eigenvalue weighted by Gasteiger charge is 2.08. The summed E-state index contributed by atoms with van der Waals surface area (Å²) in [6, 6.07) is 4.38. The van der Waals surface area contributed by atoms with Gasteiger partial charge in [-0.2, -0.15) is 0 Å². The third kappa shape index (κ3) is 4.20. The largest absolute Gasteiger partial charge is 0.478 e. The number of rotatable bonds is 5. The van der Waals surface area contributed by atoms with Gasteiger partial charge in [0, 0.05) is 30.9 Å². The molecule has 0 atom stereocenters. The van der Waals surface area contributed by atoms with E-state index in [1.54, 1.807) is 6.07 Å². The van der Waals surface area contributed by atoms with E-state index >= 15 is 0 Å². The molecule has 0 saturated heterocycles. The van der Waals surface area contributed by atoms with Crippen LogP contribution in [0.2, 0.25) is 0 Å². The first-order chi connectivity index (χ1) is 8.40. The summed E-state index contributed by atoms with van der Waals surface area (Å²) >= 11 is 0. The van der Waals surface area contributed by atoms with Gasteiger partial charge in [-0.3, -0.25) is 0 Å². The quantitative estimate of drug-likeness (QED) is 0.818. The minimum atomic E-state index is -1.04. The van der Waals surface area contributed by atoms with Crippen molar-refractivity contribution < 1.29 is 14.3 Å². The molecule has 0 fully saturated rings. The number of hydrogen-bond acceptors (Lipinski definition) is 2. The second-order valence-electron chi connectivity index (χ2n) is 4.65. The first-order valence-corrected chi connectivity index (χ1v) is 5.82. The lowest BCUT2D eigenvalue weighted by Crippen LogP contribution is -2.23. The van der Waals surface area contributed by atoms with Gasteiger partial charge in [0.05, 0.1) is 0 Å². The van der Waals surface area contributed by atoms with Gasteiger partial charge in [0.2, 0.25) is 0 Å². The van der Waals surface area contributed by atoms with E-state index in [1.165, 1.54) is 18.2 Å². The lowest BCUT2D eigenvalue weighted by Gasteiger charge is -2.23. The maximum atomic E-state index is 13.2. The van der Waals surface area contributed by atoms with Gasteiger partial charge < -0.3 is 10.0 Å². The fourth-order valence-corrected chi connectivity index (χ4v) is 1.81. The molecule has 1 N–H and O–H groups in total. The molecule has 0 aromatic heterocycles. The van der Waals surface area contributed by atoms with Crippen molar-refractivity contribution in [1.29, 1.82) is 0 Å². The summed E-state index contributed by atoms with van der Waals surface area (Å²) in [5.74, 6) is -0.949. The summed E-state index contributed by atoms with van der Waals surface area (Å²) in [5, 5.41) is 8.62. The average molecular weight is 251 g/mol. The number of halogens is 1. The number of hydrogen-bond donors (Lipinski definition) is 1. The Morgan fingerprint density at radius 1 is 1.50 bits per heavy atom. The molecule has 0 saturated carbocycles. The molecule has 4 heteroatoms. The molecule has 1 aromatic rings. The molecule has 1 aromatic carbocycles. The summed E-state index contributed by atoms with van der Waals surface area (Å²) < 4.78 is 13.2. The summed E-state index contributed by atoms with van der Waals surface area (Å²) in [7, 11) is 1.91. The number of carboxylic acids is 1. The molecule has 98 valence electrons. The minimum Gasteiger partial charge on any atom is -0.478 e. The number of anilines is 1. The van der Waals surface area contributed by atoms with E-state index in [9.17, 15) is 9.18 Å². The first kappa shape index (κ1) is 14.2. The predicted molar refractivity (Wildman–Crippen MR) is 71.2 cm³/mol. The molecule has 0 amide bonds. The zero-order valence-corrected chi connectivity index (χ0v) is 10.9. The van der Waals surface area contributed by atoms with Gasteiger partial charge in [0.15, 0.2) is 0 Å². The molecule has 18 heavy (non-hydrogen) atoms. The number of aliphatic carboxylic acids is 1. The van der Waals surface area contributed by atoms with Crippen molar-refractivity contribution in [2.75, 3.05) is 18.5 Å². The van der Waals surface area contributed by atoms with Crippen molar-refractivity contribution in [2.45, 2.75) is 13.8 Å². The van der Waals surface area contributed by atoms with Crippen LogP contribution in [0.5, 0.6) is 0 Å². The summed E-state index contributed by atoms with van der Waals surface area (Å²) in [4.78, 5) is 12.5. The van der Waals surface area contributed by atoms with Crippen molar-refractivity contribution >= 4 is 17.7 Å². The van der Waals surface area contributed by atoms with Crippen LogP contribution >= 0.6 is 0 Å². The zero-order chi connectivity index (χ0) is 13.7. The number of nitrogens with zero attached hydrogens (tertiary/aromatic N) is 1. The van der Waals surface area contributed by atoms with Crippen LogP contribution in [0, 0.1) is 11.7 Å². The van der Waals surface area contributed by atoms with E-state index in [-0.39, 0.29) is 5.82 Å². The molecular weight excluding hydrogens is 233 g/mol. The Hall–Kier alpha value is -1.84. The third-order valence-electron chi connectivity index (χ3n) is 2.45. The van der Waals surface area contributed by atoms with Gasteiger partial charge >= 0.3 is 5.97 Å². The molecule has 0 radical (unpaired) electrons. The van der Waals surface area contributed by atoms with Gasteiger partial charge in [0.25, 0.3) is 0 Å². The molecule has 0 heterocycles. The Balaban J connectivity index is 3.06. The van der Waals surface area contributed by atoms with Crippen LogP contribution in [0.25, 0.3) is 6.08 Å². The van der Waals surface area contributed by atoms with Crippen LogP contribution in [0.4, 0.5) is 10.1 Å². The lowest BCUT2D eigenvalue weighted by atomic mass is 10.1. The van der Waals surface area contributed by atoms with Crippen LogP contribution in [0.3, 0.4) is 0 Å². The minimum absolute atomic E-state index is 0.373. The summed E-state index contributed by atoms with van der Waals surface area (Å²) in [6.07, 6.45) is 2.43. The third-order valence-corrected chi connectivity index (χ3v) is 2.45. The highest BCUT2D eigenvalue weighted by Crippen LogP contribution is 2.23. The average Bonchev–Trinajstić information content (AvgIpc) is 2.25. The first-order valence-electron chi connectivity index (χ1n) is 5.82. The maximum Gasteiger partial charge on any atom is 0.328 e. The van der Waals surface area contributed by atoms with E-state index in [1.807, 2.05) is 11.9 Å². The van der Waals surface area contributed by atoms with Crippen molar-refractivity contribution in [2.24, 2.45) is 5.92 Å². The Morgan fingerprint density at radius 2 is 2.17 bits per heavy atom. The maximum absolute atomic E-state index is 13.2. The van der Waals surface area contributed by atoms with Gasteiger partial charge in [0.1, 0.15) is 5.82 Å².